The van der Waals surface area contributed by atoms with Crippen molar-refractivity contribution in [2.75, 3.05) is 6.61 Å². The Morgan fingerprint density at radius 3 is 2.74 bits per heavy atom. The summed E-state index contributed by atoms with van der Waals surface area (Å²) in [6, 6.07) is 5.64. The Balaban J connectivity index is 2.04. The fraction of sp³-hybridized carbons (Fsp3) is 0.333. The van der Waals surface area contributed by atoms with Crippen LogP contribution in [0, 0.1) is 0 Å². The summed E-state index contributed by atoms with van der Waals surface area (Å²) in [4.78, 5) is 8.06. The lowest BCUT2D eigenvalue weighted by Gasteiger charge is -2.12. The third-order valence-corrected chi connectivity index (χ3v) is 2.77. The molecule has 1 N–H and O–H groups in total. The lowest BCUT2D eigenvalue weighted by Crippen LogP contribution is -2.04. The molecule has 19 heavy (non-hydrogen) atoms. The summed E-state index contributed by atoms with van der Waals surface area (Å²) in [6.45, 7) is 2.71. The molecular weight excluding hydrogens is 240 g/mol. The Morgan fingerprint density at radius 2 is 2.00 bits per heavy atom. The molecule has 0 amide bonds. The van der Waals surface area contributed by atoms with Crippen molar-refractivity contribution in [1.29, 1.82) is 0 Å². The molecule has 1 atom stereocenters. The fourth-order valence-electron chi connectivity index (χ4n) is 1.78. The molecule has 0 aliphatic heterocycles. The molecule has 0 fully saturated rings. The lowest BCUT2D eigenvalue weighted by atomic mass is 10.0. The summed E-state index contributed by atoms with van der Waals surface area (Å²) in [6.07, 6.45) is 7.69. The first-order valence-electron chi connectivity index (χ1n) is 6.44. The van der Waals surface area contributed by atoms with Crippen LogP contribution in [0.1, 0.15) is 30.6 Å². The minimum absolute atomic E-state index is 0.543. The van der Waals surface area contributed by atoms with Crippen LogP contribution in [0.25, 0.3) is 0 Å². The average Bonchev–Trinajstić information content (AvgIpc) is 2.46. The molecule has 0 aliphatic carbocycles. The molecule has 0 aromatic carbocycles. The number of hydrogen-bond donors (Lipinski definition) is 1. The molecule has 4 nitrogen and oxygen atoms in total. The van der Waals surface area contributed by atoms with Gasteiger partial charge in [-0.3, -0.25) is 9.97 Å². The van der Waals surface area contributed by atoms with Crippen LogP contribution < -0.4 is 4.74 Å². The Hall–Kier alpha value is -1.94. The van der Waals surface area contributed by atoms with Gasteiger partial charge >= 0.3 is 0 Å². The van der Waals surface area contributed by atoms with Crippen molar-refractivity contribution in [1.82, 2.24) is 9.97 Å². The Morgan fingerprint density at radius 1 is 1.21 bits per heavy atom. The average molecular weight is 258 g/mol. The predicted octanol–water partition coefficient (Wildman–Crippen LogP) is 2.54. The van der Waals surface area contributed by atoms with Crippen molar-refractivity contribution in [3.8, 4) is 5.75 Å². The van der Waals surface area contributed by atoms with Gasteiger partial charge in [0.2, 0.25) is 0 Å². The first kappa shape index (κ1) is 13.5. The zero-order chi connectivity index (χ0) is 13.5. The largest absolute Gasteiger partial charge is 0.492 e. The molecule has 0 radical (unpaired) electrons. The van der Waals surface area contributed by atoms with E-state index in [0.29, 0.717) is 18.8 Å². The van der Waals surface area contributed by atoms with Gasteiger partial charge in [-0.05, 0) is 30.2 Å². The SMILES string of the molecule is CCCOc1cncc(C(O)Cc2ccncc2)c1. The summed E-state index contributed by atoms with van der Waals surface area (Å²) in [5, 5.41) is 10.2. The van der Waals surface area contributed by atoms with Crippen molar-refractivity contribution in [3.05, 3.63) is 54.1 Å². The maximum absolute atomic E-state index is 10.2. The minimum atomic E-state index is -0.583. The highest BCUT2D eigenvalue weighted by Gasteiger charge is 2.10. The zero-order valence-electron chi connectivity index (χ0n) is 11.0. The van der Waals surface area contributed by atoms with Crippen LogP contribution >= 0.6 is 0 Å². The highest BCUT2D eigenvalue weighted by atomic mass is 16.5. The number of aliphatic hydroxyl groups is 1. The topological polar surface area (TPSA) is 55.2 Å². The van der Waals surface area contributed by atoms with Gasteiger partial charge in [-0.1, -0.05) is 6.92 Å². The van der Waals surface area contributed by atoms with Gasteiger partial charge in [0.1, 0.15) is 5.75 Å². The third kappa shape index (κ3) is 4.03. The van der Waals surface area contributed by atoms with Crippen LogP contribution in [-0.4, -0.2) is 21.7 Å². The predicted molar refractivity (Wildman–Crippen MR) is 72.9 cm³/mol. The normalized spacial score (nSPS) is 12.1. The van der Waals surface area contributed by atoms with Crippen LogP contribution in [0.3, 0.4) is 0 Å². The van der Waals surface area contributed by atoms with E-state index in [1.807, 2.05) is 18.2 Å². The van der Waals surface area contributed by atoms with E-state index in [4.69, 9.17) is 4.74 Å². The van der Waals surface area contributed by atoms with Crippen molar-refractivity contribution >= 4 is 0 Å². The summed E-state index contributed by atoms with van der Waals surface area (Å²) >= 11 is 0. The van der Waals surface area contributed by atoms with Gasteiger partial charge < -0.3 is 9.84 Å². The minimum Gasteiger partial charge on any atom is -0.492 e. The molecule has 2 heterocycles. The maximum atomic E-state index is 10.2. The summed E-state index contributed by atoms with van der Waals surface area (Å²) in [5.74, 6) is 0.702. The highest BCUT2D eigenvalue weighted by molar-refractivity contribution is 5.26. The van der Waals surface area contributed by atoms with Gasteiger partial charge in [-0.2, -0.15) is 0 Å². The van der Waals surface area contributed by atoms with Gasteiger partial charge in [-0.15, -0.1) is 0 Å². The number of aliphatic hydroxyl groups excluding tert-OH is 1. The van der Waals surface area contributed by atoms with E-state index < -0.39 is 6.10 Å². The second kappa shape index (κ2) is 6.85. The second-order valence-electron chi connectivity index (χ2n) is 4.38. The number of aromatic nitrogens is 2. The number of hydrogen-bond acceptors (Lipinski definition) is 4. The highest BCUT2D eigenvalue weighted by Crippen LogP contribution is 2.21. The van der Waals surface area contributed by atoms with Gasteiger partial charge in [0.25, 0.3) is 0 Å². The molecule has 4 heteroatoms. The van der Waals surface area contributed by atoms with E-state index >= 15 is 0 Å². The number of nitrogens with zero attached hydrogens (tertiary/aromatic N) is 2. The quantitative estimate of drug-likeness (QED) is 0.865. The van der Waals surface area contributed by atoms with Crippen molar-refractivity contribution in [2.24, 2.45) is 0 Å². The molecule has 0 bridgehead atoms. The van der Waals surface area contributed by atoms with E-state index in [9.17, 15) is 5.11 Å². The summed E-state index contributed by atoms with van der Waals surface area (Å²) < 4.78 is 5.51. The van der Waals surface area contributed by atoms with E-state index in [1.54, 1.807) is 24.8 Å². The van der Waals surface area contributed by atoms with Gasteiger partial charge in [0.05, 0.1) is 18.9 Å². The molecule has 0 saturated carbocycles. The third-order valence-electron chi connectivity index (χ3n) is 2.77. The number of ether oxygens (including phenoxy) is 1. The molecule has 2 aromatic rings. The monoisotopic (exact) mass is 258 g/mol. The second-order valence-corrected chi connectivity index (χ2v) is 4.38. The summed E-state index contributed by atoms with van der Waals surface area (Å²) in [7, 11) is 0. The van der Waals surface area contributed by atoms with E-state index in [2.05, 4.69) is 16.9 Å². The first-order chi connectivity index (χ1) is 9.29. The van der Waals surface area contributed by atoms with E-state index in [0.717, 1.165) is 17.5 Å². The van der Waals surface area contributed by atoms with Gasteiger partial charge in [0, 0.05) is 30.6 Å². The van der Waals surface area contributed by atoms with E-state index in [-0.39, 0.29) is 0 Å². The van der Waals surface area contributed by atoms with Gasteiger partial charge in [0.15, 0.2) is 0 Å². The molecule has 2 aromatic heterocycles. The Bertz CT molecular complexity index is 503. The molecule has 2 rings (SSSR count). The maximum Gasteiger partial charge on any atom is 0.137 e. The van der Waals surface area contributed by atoms with Crippen LogP contribution in [0.2, 0.25) is 0 Å². The van der Waals surface area contributed by atoms with Gasteiger partial charge in [-0.25, -0.2) is 0 Å². The molecule has 0 spiro atoms. The van der Waals surface area contributed by atoms with Crippen LogP contribution in [0.4, 0.5) is 0 Å². The summed E-state index contributed by atoms with van der Waals surface area (Å²) in [5.41, 5.74) is 1.81. The standard InChI is InChI=1S/C15H18N2O2/c1-2-7-19-14-9-13(10-17-11-14)15(18)8-12-3-5-16-6-4-12/h3-6,9-11,15,18H,2,7-8H2,1H3. The molecular formula is C15H18N2O2. The number of pyridine rings is 2. The zero-order valence-corrected chi connectivity index (χ0v) is 11.0. The molecule has 0 saturated heterocycles. The van der Waals surface area contributed by atoms with Crippen molar-refractivity contribution in [2.45, 2.75) is 25.9 Å². The number of rotatable bonds is 6. The molecule has 0 aliphatic rings. The Labute approximate surface area is 113 Å². The lowest BCUT2D eigenvalue weighted by molar-refractivity contribution is 0.177. The molecule has 1 unspecified atom stereocenters. The van der Waals surface area contributed by atoms with Crippen molar-refractivity contribution < 1.29 is 9.84 Å². The van der Waals surface area contributed by atoms with E-state index in [1.165, 1.54) is 0 Å². The Kier molecular flexibility index (Phi) is 4.86. The fourth-order valence-corrected chi connectivity index (χ4v) is 1.78. The van der Waals surface area contributed by atoms with Crippen LogP contribution in [0.15, 0.2) is 43.0 Å². The first-order valence-corrected chi connectivity index (χ1v) is 6.44. The smallest absolute Gasteiger partial charge is 0.137 e. The van der Waals surface area contributed by atoms with Crippen LogP contribution in [-0.2, 0) is 6.42 Å². The van der Waals surface area contributed by atoms with Crippen LogP contribution in [0.5, 0.6) is 5.75 Å². The molecule has 100 valence electrons. The van der Waals surface area contributed by atoms with Crippen molar-refractivity contribution in [3.63, 3.8) is 0 Å².